The lowest BCUT2D eigenvalue weighted by Crippen LogP contribution is -2.18. The van der Waals surface area contributed by atoms with Crippen molar-refractivity contribution in [2.75, 3.05) is 7.05 Å². The lowest BCUT2D eigenvalue weighted by molar-refractivity contribution is 0.0962. The van der Waals surface area contributed by atoms with Crippen molar-refractivity contribution in [2.45, 2.75) is 6.92 Å². The highest BCUT2D eigenvalue weighted by atomic mass is 19.4. The zero-order valence-electron chi connectivity index (χ0n) is 8.43. The first kappa shape index (κ1) is 13.5. The average Bonchev–Trinajstić information content (AvgIpc) is 2.16. The number of hydrogen-bond acceptors (Lipinski definition) is 1. The molecule has 82 valence electrons. The molecule has 1 rings (SSSR count). The van der Waals surface area contributed by atoms with Gasteiger partial charge in [-0.3, -0.25) is 17.7 Å². The van der Waals surface area contributed by atoms with Gasteiger partial charge in [0, 0.05) is 12.6 Å². The van der Waals surface area contributed by atoms with E-state index < -0.39 is 7.54 Å². The van der Waals surface area contributed by atoms with Gasteiger partial charge in [0.1, 0.15) is 0 Å². The number of halogens is 3. The van der Waals surface area contributed by atoms with E-state index in [4.69, 9.17) is 0 Å². The maximum Gasteiger partial charge on any atom is 0.762 e. The third-order valence-corrected chi connectivity index (χ3v) is 1.62. The highest BCUT2D eigenvalue weighted by molar-refractivity contribution is 6.33. The molecule has 1 aromatic carbocycles. The Kier molecular flexibility index (Phi) is 6.25. The van der Waals surface area contributed by atoms with E-state index in [-0.39, 0.29) is 5.91 Å². The Hall–Kier alpha value is -1.46. The van der Waals surface area contributed by atoms with Crippen LogP contribution in [0.3, 0.4) is 0 Å². The van der Waals surface area contributed by atoms with Gasteiger partial charge in [0.2, 0.25) is 0 Å². The molecule has 1 N–H and O–H groups in total. The van der Waals surface area contributed by atoms with Crippen LogP contribution in [0.15, 0.2) is 24.3 Å². The second-order valence-corrected chi connectivity index (χ2v) is 2.64. The van der Waals surface area contributed by atoms with Crippen LogP contribution in [0.1, 0.15) is 15.9 Å². The van der Waals surface area contributed by atoms with Gasteiger partial charge in [0.25, 0.3) is 5.91 Å². The summed E-state index contributed by atoms with van der Waals surface area (Å²) in [5.41, 5.74) is 1.75. The molecule has 0 fully saturated rings. The predicted octanol–water partition coefficient (Wildman–Crippen LogP) is 2.23. The van der Waals surface area contributed by atoms with Crippen molar-refractivity contribution in [1.82, 2.24) is 5.32 Å². The van der Waals surface area contributed by atoms with Gasteiger partial charge < -0.3 is 5.32 Å². The van der Waals surface area contributed by atoms with Crippen molar-refractivity contribution in [2.24, 2.45) is 0 Å². The topological polar surface area (TPSA) is 29.1 Å². The third-order valence-electron chi connectivity index (χ3n) is 1.62. The Balaban J connectivity index is 0.000000423. The van der Waals surface area contributed by atoms with Crippen LogP contribution >= 0.6 is 0 Å². The molecule has 0 bridgehead atoms. The molecule has 1 aromatic rings. The van der Waals surface area contributed by atoms with E-state index in [1.54, 1.807) is 7.05 Å². The normalized spacial score (nSPS) is 8.60. The molecular formula is C9H11BF3NO. The van der Waals surface area contributed by atoms with Gasteiger partial charge >= 0.3 is 7.54 Å². The summed E-state index contributed by atoms with van der Waals surface area (Å²) < 4.78 is 29.0. The minimum Gasteiger partial charge on any atom is -0.355 e. The summed E-state index contributed by atoms with van der Waals surface area (Å²) in [6.45, 7) is 1.92. The third kappa shape index (κ3) is 5.77. The molecule has 1 amide bonds. The molecule has 15 heavy (non-hydrogen) atoms. The quantitative estimate of drug-likeness (QED) is 0.718. The summed E-state index contributed by atoms with van der Waals surface area (Å²) in [5.74, 6) is -0.0249. The number of aryl methyl sites for hydroxylation is 1. The summed E-state index contributed by atoms with van der Waals surface area (Å²) in [7, 11) is -2.03. The maximum atomic E-state index is 11.1. The van der Waals surface area contributed by atoms with Crippen LogP contribution < -0.4 is 5.32 Å². The Labute approximate surface area is 86.7 Å². The van der Waals surface area contributed by atoms with Gasteiger partial charge in [-0.15, -0.1) is 0 Å². The van der Waals surface area contributed by atoms with Gasteiger partial charge in [-0.05, 0) is 18.6 Å². The molecule has 0 unspecified atom stereocenters. The summed E-state index contributed by atoms with van der Waals surface area (Å²) in [4.78, 5) is 11.1. The first-order valence-corrected chi connectivity index (χ1v) is 4.19. The van der Waals surface area contributed by atoms with Crippen LogP contribution in [0.4, 0.5) is 12.9 Å². The number of nitrogens with one attached hydrogen (secondary N) is 1. The molecule has 0 radical (unpaired) electrons. The zero-order valence-corrected chi connectivity index (χ0v) is 8.43. The minimum absolute atomic E-state index is 0.0249. The fourth-order valence-corrected chi connectivity index (χ4v) is 0.962. The molecule has 0 aliphatic rings. The van der Waals surface area contributed by atoms with E-state index >= 15 is 0 Å². The van der Waals surface area contributed by atoms with Gasteiger partial charge in [-0.25, -0.2) is 0 Å². The van der Waals surface area contributed by atoms with Gasteiger partial charge in [0.15, 0.2) is 0 Å². The lowest BCUT2D eigenvalue weighted by atomic mass is 10.1. The van der Waals surface area contributed by atoms with Crippen LogP contribution in [0, 0.1) is 6.92 Å². The van der Waals surface area contributed by atoms with Gasteiger partial charge in [-0.2, -0.15) is 0 Å². The van der Waals surface area contributed by atoms with Gasteiger partial charge in [-0.1, -0.05) is 18.2 Å². The van der Waals surface area contributed by atoms with E-state index in [0.717, 1.165) is 11.1 Å². The standard InChI is InChI=1S/C9H11NO.BF3/c1-7-5-3-4-6-8(7)9(11)10-2;2-1(3)4/h3-6H,1-2H3,(H,10,11);. The van der Waals surface area contributed by atoms with Crippen LogP contribution in [-0.2, 0) is 0 Å². The van der Waals surface area contributed by atoms with Crippen LogP contribution in [0.5, 0.6) is 0 Å². The van der Waals surface area contributed by atoms with Crippen LogP contribution in [0.25, 0.3) is 0 Å². The molecule has 0 spiro atoms. The van der Waals surface area contributed by atoms with E-state index in [1.165, 1.54) is 0 Å². The number of rotatable bonds is 1. The zero-order chi connectivity index (χ0) is 11.8. The number of amides is 1. The number of benzene rings is 1. The number of carbonyl (C=O) groups excluding carboxylic acids is 1. The van der Waals surface area contributed by atoms with Crippen molar-refractivity contribution < 1.29 is 17.7 Å². The summed E-state index contributed by atoms with van der Waals surface area (Å²) in [6.07, 6.45) is 0. The Morgan fingerprint density at radius 3 is 2.13 bits per heavy atom. The summed E-state index contributed by atoms with van der Waals surface area (Å²) in [5, 5.41) is 2.58. The molecule has 0 heterocycles. The fourth-order valence-electron chi connectivity index (χ4n) is 0.962. The molecule has 2 nitrogen and oxygen atoms in total. The Morgan fingerprint density at radius 2 is 1.73 bits per heavy atom. The predicted molar refractivity (Wildman–Crippen MR) is 53.6 cm³/mol. The Bertz CT molecular complexity index is 317. The lowest BCUT2D eigenvalue weighted by Gasteiger charge is -2.01. The molecular weight excluding hydrogens is 206 g/mol. The van der Waals surface area contributed by atoms with Crippen molar-refractivity contribution in [3.8, 4) is 0 Å². The van der Waals surface area contributed by atoms with E-state index in [2.05, 4.69) is 5.32 Å². The SMILES string of the molecule is CNC(=O)c1ccccc1C.FB(F)F. The second kappa shape index (κ2) is 6.92. The number of hydrogen-bond donors (Lipinski definition) is 1. The van der Waals surface area contributed by atoms with Crippen molar-refractivity contribution in [3.05, 3.63) is 35.4 Å². The maximum absolute atomic E-state index is 11.1. The van der Waals surface area contributed by atoms with E-state index in [1.807, 2.05) is 31.2 Å². The van der Waals surface area contributed by atoms with Crippen molar-refractivity contribution in [3.63, 3.8) is 0 Å². The number of carbonyl (C=O) groups is 1. The van der Waals surface area contributed by atoms with Crippen LogP contribution in [-0.4, -0.2) is 20.5 Å². The molecule has 0 saturated carbocycles. The highest BCUT2D eigenvalue weighted by Crippen LogP contribution is 2.05. The molecule has 0 aliphatic heterocycles. The molecule has 0 atom stereocenters. The smallest absolute Gasteiger partial charge is 0.355 e. The summed E-state index contributed by atoms with van der Waals surface area (Å²) >= 11 is 0. The monoisotopic (exact) mass is 217 g/mol. The van der Waals surface area contributed by atoms with Crippen LogP contribution in [0.2, 0.25) is 0 Å². The largest absolute Gasteiger partial charge is 0.762 e. The first-order valence-electron chi connectivity index (χ1n) is 4.19. The van der Waals surface area contributed by atoms with E-state index in [9.17, 15) is 17.7 Å². The molecule has 6 heteroatoms. The fraction of sp³-hybridized carbons (Fsp3) is 0.222. The average molecular weight is 217 g/mol. The highest BCUT2D eigenvalue weighted by Gasteiger charge is 2.06. The van der Waals surface area contributed by atoms with E-state index in [0.29, 0.717) is 0 Å². The first-order chi connectivity index (χ1) is 6.99. The van der Waals surface area contributed by atoms with Crippen molar-refractivity contribution >= 4 is 13.5 Å². The summed E-state index contributed by atoms with van der Waals surface area (Å²) in [6, 6.07) is 7.51. The molecule has 0 aromatic heterocycles. The van der Waals surface area contributed by atoms with Crippen molar-refractivity contribution in [1.29, 1.82) is 0 Å². The molecule has 0 saturated heterocycles. The van der Waals surface area contributed by atoms with Gasteiger partial charge in [0.05, 0.1) is 0 Å². The molecule has 0 aliphatic carbocycles. The second-order valence-electron chi connectivity index (χ2n) is 2.64. The Morgan fingerprint density at radius 1 is 1.27 bits per heavy atom. The minimum atomic E-state index is -3.67.